The number of anilines is 1. The highest BCUT2D eigenvalue weighted by Gasteiger charge is 2.25. The first-order valence-electron chi connectivity index (χ1n) is 7.81. The summed E-state index contributed by atoms with van der Waals surface area (Å²) in [6.07, 6.45) is 3.29. The Balaban J connectivity index is 2.33. The van der Waals surface area contributed by atoms with Crippen molar-refractivity contribution < 1.29 is 13.3 Å². The van der Waals surface area contributed by atoms with Crippen molar-refractivity contribution in [1.29, 1.82) is 0 Å². The molecule has 0 aliphatic heterocycles. The molecule has 0 saturated heterocycles. The van der Waals surface area contributed by atoms with Gasteiger partial charge in [0, 0.05) is 38.1 Å². The van der Waals surface area contributed by atoms with Gasteiger partial charge in [-0.15, -0.1) is 0 Å². The molecule has 2 rings (SSSR count). The standard InChI is InChI=1S/C16H20N4O4S/c1-3-19(4-2)25(23,24)14-7-8-15(16(10-14)20(21)22)18-12-13-6-5-9-17-11-13/h5-11,18H,3-4,12H2,1-2H3. The molecule has 0 bridgehead atoms. The molecule has 2 aromatic rings. The Hall–Kier alpha value is -2.52. The Morgan fingerprint density at radius 2 is 1.96 bits per heavy atom. The highest BCUT2D eigenvalue weighted by molar-refractivity contribution is 7.89. The highest BCUT2D eigenvalue weighted by Crippen LogP contribution is 2.29. The van der Waals surface area contributed by atoms with Gasteiger partial charge in [0.1, 0.15) is 5.69 Å². The molecule has 0 aliphatic rings. The van der Waals surface area contributed by atoms with Gasteiger partial charge < -0.3 is 5.32 Å². The first-order valence-corrected chi connectivity index (χ1v) is 9.25. The van der Waals surface area contributed by atoms with Crippen molar-refractivity contribution in [3.63, 3.8) is 0 Å². The Kier molecular flexibility index (Phi) is 6.05. The van der Waals surface area contributed by atoms with Crippen LogP contribution in [0, 0.1) is 10.1 Å². The van der Waals surface area contributed by atoms with Gasteiger partial charge in [0.15, 0.2) is 0 Å². The molecule has 9 heteroatoms. The normalized spacial score (nSPS) is 11.5. The minimum Gasteiger partial charge on any atom is -0.375 e. The number of nitrogens with one attached hydrogen (secondary N) is 1. The smallest absolute Gasteiger partial charge is 0.293 e. The molecule has 25 heavy (non-hydrogen) atoms. The van der Waals surface area contributed by atoms with Crippen LogP contribution < -0.4 is 5.32 Å². The Bertz CT molecular complexity index is 836. The zero-order valence-corrected chi connectivity index (χ0v) is 14.9. The summed E-state index contributed by atoms with van der Waals surface area (Å²) < 4.78 is 26.3. The molecule has 0 amide bonds. The highest BCUT2D eigenvalue weighted by atomic mass is 32.2. The molecule has 8 nitrogen and oxygen atoms in total. The number of rotatable bonds is 8. The van der Waals surface area contributed by atoms with Gasteiger partial charge in [0.2, 0.25) is 10.0 Å². The maximum Gasteiger partial charge on any atom is 0.293 e. The maximum absolute atomic E-state index is 12.5. The molecule has 1 aromatic heterocycles. The number of benzene rings is 1. The summed E-state index contributed by atoms with van der Waals surface area (Å²) in [6, 6.07) is 7.51. The minimum atomic E-state index is -3.75. The largest absolute Gasteiger partial charge is 0.375 e. The van der Waals surface area contributed by atoms with Crippen LogP contribution in [0.1, 0.15) is 19.4 Å². The second-order valence-corrected chi connectivity index (χ2v) is 7.18. The van der Waals surface area contributed by atoms with Gasteiger partial charge >= 0.3 is 0 Å². The second-order valence-electron chi connectivity index (χ2n) is 5.24. The summed E-state index contributed by atoms with van der Waals surface area (Å²) in [6.45, 7) is 4.39. The average Bonchev–Trinajstić information content (AvgIpc) is 2.61. The van der Waals surface area contributed by atoms with Crippen LogP contribution in [0.25, 0.3) is 0 Å². The van der Waals surface area contributed by atoms with Crippen LogP contribution in [-0.4, -0.2) is 35.7 Å². The van der Waals surface area contributed by atoms with Gasteiger partial charge in [0.25, 0.3) is 5.69 Å². The number of nitro benzene ring substituents is 1. The molecule has 0 fully saturated rings. The van der Waals surface area contributed by atoms with Gasteiger partial charge in [-0.2, -0.15) is 4.31 Å². The molecule has 0 unspecified atom stereocenters. The molecule has 1 N–H and O–H groups in total. The zero-order valence-electron chi connectivity index (χ0n) is 14.0. The van der Waals surface area contributed by atoms with Crippen molar-refractivity contribution in [2.75, 3.05) is 18.4 Å². The van der Waals surface area contributed by atoms with E-state index in [2.05, 4.69) is 10.3 Å². The van der Waals surface area contributed by atoms with E-state index in [9.17, 15) is 18.5 Å². The van der Waals surface area contributed by atoms with Gasteiger partial charge in [-0.1, -0.05) is 19.9 Å². The number of aromatic nitrogens is 1. The van der Waals surface area contributed by atoms with E-state index >= 15 is 0 Å². The Labute approximate surface area is 146 Å². The summed E-state index contributed by atoms with van der Waals surface area (Å²) >= 11 is 0. The third kappa shape index (κ3) is 4.31. The summed E-state index contributed by atoms with van der Waals surface area (Å²) in [5.74, 6) is 0. The molecular formula is C16H20N4O4S. The lowest BCUT2D eigenvalue weighted by molar-refractivity contribution is -0.384. The zero-order chi connectivity index (χ0) is 18.4. The van der Waals surface area contributed by atoms with Gasteiger partial charge in [0.05, 0.1) is 9.82 Å². The third-order valence-corrected chi connectivity index (χ3v) is 5.76. The van der Waals surface area contributed by atoms with Crippen LogP contribution in [0.4, 0.5) is 11.4 Å². The fourth-order valence-electron chi connectivity index (χ4n) is 2.39. The quantitative estimate of drug-likeness (QED) is 0.570. The van der Waals surface area contributed by atoms with Crippen LogP contribution in [0.5, 0.6) is 0 Å². The van der Waals surface area contributed by atoms with Crippen LogP contribution in [0.2, 0.25) is 0 Å². The predicted molar refractivity (Wildman–Crippen MR) is 94.8 cm³/mol. The fraction of sp³-hybridized carbons (Fsp3) is 0.312. The van der Waals surface area contributed by atoms with Crippen molar-refractivity contribution in [3.8, 4) is 0 Å². The lowest BCUT2D eigenvalue weighted by Gasteiger charge is -2.18. The monoisotopic (exact) mass is 364 g/mol. The van der Waals surface area contributed by atoms with Crippen molar-refractivity contribution in [1.82, 2.24) is 9.29 Å². The summed E-state index contributed by atoms with van der Waals surface area (Å²) in [5.41, 5.74) is 0.834. The van der Waals surface area contributed by atoms with E-state index in [4.69, 9.17) is 0 Å². The first-order chi connectivity index (χ1) is 11.9. The van der Waals surface area contributed by atoms with E-state index in [1.807, 2.05) is 6.07 Å². The van der Waals surface area contributed by atoms with Crippen LogP contribution >= 0.6 is 0 Å². The van der Waals surface area contributed by atoms with Gasteiger partial charge in [-0.3, -0.25) is 15.1 Å². The van der Waals surface area contributed by atoms with Gasteiger partial charge in [-0.25, -0.2) is 8.42 Å². The molecule has 1 heterocycles. The number of nitrogens with zero attached hydrogens (tertiary/aromatic N) is 3. The number of pyridine rings is 1. The van der Waals surface area contributed by atoms with E-state index in [1.165, 1.54) is 16.4 Å². The number of hydrogen-bond acceptors (Lipinski definition) is 6. The molecule has 0 spiro atoms. The fourth-order valence-corrected chi connectivity index (χ4v) is 3.86. The Morgan fingerprint density at radius 3 is 2.52 bits per heavy atom. The van der Waals surface area contributed by atoms with Crippen molar-refractivity contribution in [3.05, 3.63) is 58.4 Å². The minimum absolute atomic E-state index is 0.0881. The molecule has 0 aliphatic carbocycles. The summed E-state index contributed by atoms with van der Waals surface area (Å²) in [7, 11) is -3.75. The molecule has 0 atom stereocenters. The molecule has 0 radical (unpaired) electrons. The van der Waals surface area contributed by atoms with E-state index in [1.54, 1.807) is 32.3 Å². The lowest BCUT2D eigenvalue weighted by atomic mass is 10.2. The first kappa shape index (κ1) is 18.8. The lowest BCUT2D eigenvalue weighted by Crippen LogP contribution is -2.30. The second kappa shape index (κ2) is 8.04. The third-order valence-electron chi connectivity index (χ3n) is 3.71. The summed E-state index contributed by atoms with van der Waals surface area (Å²) in [5, 5.41) is 14.3. The topological polar surface area (TPSA) is 105 Å². The van der Waals surface area contributed by atoms with Crippen molar-refractivity contribution >= 4 is 21.4 Å². The number of hydrogen-bond donors (Lipinski definition) is 1. The van der Waals surface area contributed by atoms with E-state index in [0.717, 1.165) is 11.6 Å². The predicted octanol–water partition coefficient (Wildman–Crippen LogP) is 2.63. The van der Waals surface area contributed by atoms with E-state index in [0.29, 0.717) is 19.6 Å². The number of sulfonamides is 1. The molecular weight excluding hydrogens is 344 g/mol. The van der Waals surface area contributed by atoms with Gasteiger partial charge in [-0.05, 0) is 23.8 Å². The Morgan fingerprint density at radius 1 is 1.24 bits per heavy atom. The van der Waals surface area contributed by atoms with E-state index in [-0.39, 0.29) is 16.3 Å². The molecule has 0 saturated carbocycles. The number of nitro groups is 1. The van der Waals surface area contributed by atoms with Crippen LogP contribution in [0.15, 0.2) is 47.6 Å². The maximum atomic E-state index is 12.5. The van der Waals surface area contributed by atoms with Crippen LogP contribution in [0.3, 0.4) is 0 Å². The SMILES string of the molecule is CCN(CC)S(=O)(=O)c1ccc(NCc2cccnc2)c([N+](=O)[O-])c1. The van der Waals surface area contributed by atoms with Crippen LogP contribution in [-0.2, 0) is 16.6 Å². The van der Waals surface area contributed by atoms with E-state index < -0.39 is 14.9 Å². The average molecular weight is 364 g/mol. The van der Waals surface area contributed by atoms with Crippen molar-refractivity contribution in [2.24, 2.45) is 0 Å². The molecule has 1 aromatic carbocycles. The van der Waals surface area contributed by atoms with Crippen molar-refractivity contribution in [2.45, 2.75) is 25.3 Å². The molecule has 134 valence electrons. The summed E-state index contributed by atoms with van der Waals surface area (Å²) in [4.78, 5) is 14.7.